The number of benzene rings is 1. The second-order valence-corrected chi connectivity index (χ2v) is 5.26. The maximum Gasteiger partial charge on any atom is 0.226 e. The second-order valence-electron chi connectivity index (χ2n) is 5.26. The van der Waals surface area contributed by atoms with Crippen molar-refractivity contribution in [1.29, 1.82) is 0 Å². The van der Waals surface area contributed by atoms with Gasteiger partial charge in [0.25, 0.3) is 0 Å². The third-order valence-corrected chi connectivity index (χ3v) is 3.67. The van der Waals surface area contributed by atoms with Gasteiger partial charge in [-0.05, 0) is 30.5 Å². The first kappa shape index (κ1) is 19.5. The Bertz CT molecular complexity index is 542. The number of aliphatic imine (C=N–C) groups is 1. The summed E-state index contributed by atoms with van der Waals surface area (Å²) in [6.07, 6.45) is 4.54. The molecule has 5 nitrogen and oxygen atoms in total. The molecule has 0 spiro atoms. The Morgan fingerprint density at radius 2 is 2.04 bits per heavy atom. The number of nitrogens with zero attached hydrogens (tertiary/aromatic N) is 2. The second kappa shape index (κ2) is 10.3. The number of carbonyl (C=O) groups is 1. The zero-order chi connectivity index (χ0) is 15.8. The minimum atomic E-state index is 0. The van der Waals surface area contributed by atoms with Gasteiger partial charge in [0.15, 0.2) is 5.96 Å². The van der Waals surface area contributed by atoms with Crippen LogP contribution in [0.5, 0.6) is 0 Å². The zero-order valence-electron chi connectivity index (χ0n) is 13.5. The predicted molar refractivity (Wildman–Crippen MR) is 106 cm³/mol. The molecule has 0 bridgehead atoms. The van der Waals surface area contributed by atoms with Gasteiger partial charge in [0, 0.05) is 38.8 Å². The number of nitrogens with one attached hydrogen (secondary N) is 2. The maximum absolute atomic E-state index is 11.9. The lowest BCUT2D eigenvalue weighted by molar-refractivity contribution is -0.119. The molecule has 1 aliphatic heterocycles. The highest BCUT2D eigenvalue weighted by molar-refractivity contribution is 14.0. The number of halogens is 1. The van der Waals surface area contributed by atoms with Crippen molar-refractivity contribution < 1.29 is 4.79 Å². The lowest BCUT2D eigenvalue weighted by atomic mass is 10.1. The molecule has 0 radical (unpaired) electrons. The summed E-state index contributed by atoms with van der Waals surface area (Å²) in [7, 11) is 1.74. The van der Waals surface area contributed by atoms with E-state index in [9.17, 15) is 4.79 Å². The van der Waals surface area contributed by atoms with E-state index < -0.39 is 0 Å². The molecule has 0 aromatic heterocycles. The van der Waals surface area contributed by atoms with E-state index in [1.165, 1.54) is 0 Å². The van der Waals surface area contributed by atoms with Gasteiger partial charge in [0.05, 0.1) is 0 Å². The summed E-state index contributed by atoms with van der Waals surface area (Å²) in [6, 6.07) is 8.12. The normalized spacial score (nSPS) is 14.9. The van der Waals surface area contributed by atoms with E-state index in [1.807, 2.05) is 29.2 Å². The molecule has 0 unspecified atom stereocenters. The number of rotatable bonds is 5. The van der Waals surface area contributed by atoms with Crippen molar-refractivity contribution in [2.24, 2.45) is 4.99 Å². The SMILES string of the molecule is C=CCNC(=NC)NCc1ccc(N2CCCCC2=O)cc1.I. The van der Waals surface area contributed by atoms with Gasteiger partial charge in [0.1, 0.15) is 0 Å². The van der Waals surface area contributed by atoms with Crippen LogP contribution < -0.4 is 15.5 Å². The van der Waals surface area contributed by atoms with E-state index in [1.54, 1.807) is 13.1 Å². The van der Waals surface area contributed by atoms with Gasteiger partial charge in [-0.1, -0.05) is 18.2 Å². The highest BCUT2D eigenvalue weighted by atomic mass is 127. The van der Waals surface area contributed by atoms with Crippen molar-refractivity contribution in [2.45, 2.75) is 25.8 Å². The van der Waals surface area contributed by atoms with Gasteiger partial charge < -0.3 is 15.5 Å². The Morgan fingerprint density at radius 3 is 2.65 bits per heavy atom. The van der Waals surface area contributed by atoms with Crippen molar-refractivity contribution in [2.75, 3.05) is 25.0 Å². The monoisotopic (exact) mass is 428 g/mol. The molecule has 1 heterocycles. The van der Waals surface area contributed by atoms with E-state index in [0.29, 0.717) is 19.5 Å². The standard InChI is InChI=1S/C17H24N4O.HI/c1-3-11-19-17(18-2)20-13-14-7-9-15(10-8-14)21-12-5-4-6-16(21)22;/h3,7-10H,1,4-6,11-13H2,2H3,(H2,18,19,20);1H. The summed E-state index contributed by atoms with van der Waals surface area (Å²) in [5.41, 5.74) is 2.14. The van der Waals surface area contributed by atoms with Crippen LogP contribution in [0.25, 0.3) is 0 Å². The van der Waals surface area contributed by atoms with Gasteiger partial charge in [0.2, 0.25) is 5.91 Å². The van der Waals surface area contributed by atoms with Crippen LogP contribution in [0.15, 0.2) is 41.9 Å². The highest BCUT2D eigenvalue weighted by Crippen LogP contribution is 2.21. The number of anilines is 1. The topological polar surface area (TPSA) is 56.7 Å². The van der Waals surface area contributed by atoms with E-state index in [-0.39, 0.29) is 29.9 Å². The van der Waals surface area contributed by atoms with Crippen LogP contribution in [0.2, 0.25) is 0 Å². The summed E-state index contributed by atoms with van der Waals surface area (Å²) in [5.74, 6) is 0.973. The van der Waals surface area contributed by atoms with Crippen molar-refractivity contribution in [3.8, 4) is 0 Å². The maximum atomic E-state index is 11.9. The molecule has 1 aliphatic rings. The van der Waals surface area contributed by atoms with E-state index in [2.05, 4.69) is 22.2 Å². The Labute approximate surface area is 155 Å². The fraction of sp³-hybridized carbons (Fsp3) is 0.412. The predicted octanol–water partition coefficient (Wildman–Crippen LogP) is 2.67. The number of hydrogen-bond acceptors (Lipinski definition) is 2. The smallest absolute Gasteiger partial charge is 0.226 e. The van der Waals surface area contributed by atoms with E-state index >= 15 is 0 Å². The highest BCUT2D eigenvalue weighted by Gasteiger charge is 2.19. The first-order valence-corrected chi connectivity index (χ1v) is 7.69. The molecule has 1 aromatic carbocycles. The quantitative estimate of drug-likeness (QED) is 0.328. The molecular weight excluding hydrogens is 403 g/mol. The third-order valence-electron chi connectivity index (χ3n) is 3.67. The largest absolute Gasteiger partial charge is 0.353 e. The summed E-state index contributed by atoms with van der Waals surface area (Å²) in [5, 5.41) is 6.37. The van der Waals surface area contributed by atoms with Gasteiger partial charge in [-0.3, -0.25) is 9.79 Å². The molecule has 0 saturated carbocycles. The van der Waals surface area contributed by atoms with Crippen LogP contribution in [0.1, 0.15) is 24.8 Å². The molecule has 2 rings (SSSR count). The summed E-state index contributed by atoms with van der Waals surface area (Å²) >= 11 is 0. The molecule has 1 aromatic rings. The lowest BCUT2D eigenvalue weighted by Gasteiger charge is -2.26. The minimum absolute atomic E-state index is 0. The summed E-state index contributed by atoms with van der Waals surface area (Å²) < 4.78 is 0. The van der Waals surface area contributed by atoms with Crippen LogP contribution in [-0.2, 0) is 11.3 Å². The van der Waals surface area contributed by atoms with Gasteiger partial charge in [-0.25, -0.2) is 0 Å². The molecule has 0 atom stereocenters. The van der Waals surface area contributed by atoms with E-state index in [4.69, 9.17) is 0 Å². The molecule has 126 valence electrons. The number of piperidine rings is 1. The van der Waals surface area contributed by atoms with Crippen LogP contribution >= 0.6 is 24.0 Å². The van der Waals surface area contributed by atoms with Crippen molar-refractivity contribution in [3.63, 3.8) is 0 Å². The molecular formula is C17H25IN4O. The number of guanidine groups is 1. The molecule has 1 fully saturated rings. The number of amides is 1. The van der Waals surface area contributed by atoms with Crippen molar-refractivity contribution in [3.05, 3.63) is 42.5 Å². The van der Waals surface area contributed by atoms with Crippen molar-refractivity contribution >= 4 is 41.5 Å². The summed E-state index contributed by atoms with van der Waals surface area (Å²) in [4.78, 5) is 17.9. The average Bonchev–Trinajstić information content (AvgIpc) is 2.56. The van der Waals surface area contributed by atoms with Crippen LogP contribution in [0.3, 0.4) is 0 Å². The fourth-order valence-electron chi connectivity index (χ4n) is 2.45. The Hall–Kier alpha value is -1.57. The van der Waals surface area contributed by atoms with Gasteiger partial charge in [-0.15, -0.1) is 30.6 Å². The molecule has 6 heteroatoms. The first-order chi connectivity index (χ1) is 10.7. The Kier molecular flexibility index (Phi) is 8.68. The molecule has 2 N–H and O–H groups in total. The number of hydrogen-bond donors (Lipinski definition) is 2. The molecule has 23 heavy (non-hydrogen) atoms. The summed E-state index contributed by atoms with van der Waals surface area (Å²) in [6.45, 7) is 5.86. The molecule has 1 saturated heterocycles. The van der Waals surface area contributed by atoms with E-state index in [0.717, 1.165) is 36.6 Å². The average molecular weight is 428 g/mol. The van der Waals surface area contributed by atoms with Crippen LogP contribution in [0, 0.1) is 0 Å². The number of carbonyl (C=O) groups excluding carboxylic acids is 1. The zero-order valence-corrected chi connectivity index (χ0v) is 15.9. The first-order valence-electron chi connectivity index (χ1n) is 7.69. The Morgan fingerprint density at radius 1 is 1.30 bits per heavy atom. The van der Waals surface area contributed by atoms with Gasteiger partial charge >= 0.3 is 0 Å². The fourth-order valence-corrected chi connectivity index (χ4v) is 2.45. The minimum Gasteiger partial charge on any atom is -0.353 e. The molecule has 0 aliphatic carbocycles. The van der Waals surface area contributed by atoms with Crippen molar-refractivity contribution in [1.82, 2.24) is 10.6 Å². The lowest BCUT2D eigenvalue weighted by Crippen LogP contribution is -2.36. The van der Waals surface area contributed by atoms with Gasteiger partial charge in [-0.2, -0.15) is 0 Å². The van der Waals surface area contributed by atoms with Crippen LogP contribution in [-0.4, -0.2) is 32.0 Å². The van der Waals surface area contributed by atoms with Crippen LogP contribution in [0.4, 0.5) is 5.69 Å². The Balaban J connectivity index is 0.00000264. The molecule has 1 amide bonds. The third kappa shape index (κ3) is 5.85.